The number of benzene rings is 9. The normalized spacial score (nSPS) is 12.6. The number of pyridine rings is 2. The second-order valence-electron chi connectivity index (χ2n) is 30.2. The molecule has 0 unspecified atom stereocenters. The summed E-state index contributed by atoms with van der Waals surface area (Å²) >= 11 is 28.4. The molecule has 1 aliphatic heterocycles. The summed E-state index contributed by atoms with van der Waals surface area (Å²) in [6, 6.07) is 41.0. The molecule has 7 aromatic heterocycles. The average Bonchev–Trinajstić information content (AvgIpc) is 1.63. The van der Waals surface area contributed by atoms with Crippen molar-refractivity contribution in [1.29, 1.82) is 0 Å². The van der Waals surface area contributed by atoms with E-state index in [1.54, 1.807) is 12.1 Å². The van der Waals surface area contributed by atoms with Crippen LogP contribution in [0.3, 0.4) is 0 Å². The molecule has 0 amide bonds. The summed E-state index contributed by atoms with van der Waals surface area (Å²) in [5.41, 5.74) is 7.79. The number of H-pyrrole nitrogens is 3. The Bertz CT molecular complexity index is 6530. The van der Waals surface area contributed by atoms with Crippen molar-refractivity contribution >= 4 is 178 Å². The maximum absolute atomic E-state index is 16.3. The first-order chi connectivity index (χ1) is 53.1. The van der Waals surface area contributed by atoms with E-state index in [0.29, 0.717) is 166 Å². The Kier molecular flexibility index (Phi) is 19.5. The Hall–Kier alpha value is -9.89. The van der Waals surface area contributed by atoms with Gasteiger partial charge in [-0.15, -0.1) is 0 Å². The quantitative estimate of drug-likeness (QED) is 0.0261. The fraction of sp³-hybridized carbons (Fsp3) is 0.293. The number of nitrogens with zero attached hydrogens (tertiary/aromatic N) is 4. The van der Waals surface area contributed by atoms with Gasteiger partial charge in [0.15, 0.2) is 0 Å². The second kappa shape index (κ2) is 29.5. The van der Waals surface area contributed by atoms with Crippen molar-refractivity contribution in [1.82, 2.24) is 33.6 Å². The Balaban J connectivity index is 0.898. The summed E-state index contributed by atoms with van der Waals surface area (Å²) in [6.45, 7) is 8.53. The molecule has 1 aliphatic rings. The van der Waals surface area contributed by atoms with E-state index in [1.807, 2.05) is 133 Å². The third kappa shape index (κ3) is 12.1. The first-order valence-corrected chi connectivity index (χ1v) is 40.6. The van der Waals surface area contributed by atoms with Crippen molar-refractivity contribution < 1.29 is 0 Å². The maximum Gasteiger partial charge on any atom is 0.262 e. The average molecular weight is 1520 g/mol. The Morgan fingerprint density at radius 2 is 0.670 bits per heavy atom. The minimum atomic E-state index is -0.560. The Labute approximate surface area is 647 Å². The molecule has 8 heterocycles. The van der Waals surface area contributed by atoms with Gasteiger partial charge in [0, 0.05) is 94.3 Å². The molecule has 0 radical (unpaired) electrons. The molecule has 550 valence electrons. The van der Waals surface area contributed by atoms with Gasteiger partial charge in [0.05, 0.1) is 59.8 Å². The summed E-state index contributed by atoms with van der Waals surface area (Å²) < 4.78 is 4.30. The Morgan fingerprint density at radius 1 is 0.321 bits per heavy atom. The number of aromatic amines is 3. The van der Waals surface area contributed by atoms with Gasteiger partial charge in [-0.25, -0.2) is 4.98 Å². The summed E-state index contributed by atoms with van der Waals surface area (Å²) in [7, 11) is 0. The highest BCUT2D eigenvalue weighted by Gasteiger charge is 2.33. The van der Waals surface area contributed by atoms with Crippen LogP contribution in [0, 0.1) is 0 Å². The van der Waals surface area contributed by atoms with Crippen molar-refractivity contribution in [3.8, 4) is 33.4 Å². The van der Waals surface area contributed by atoms with E-state index >= 15 is 28.8 Å². The van der Waals surface area contributed by atoms with Crippen LogP contribution in [0.2, 0.25) is 20.1 Å². The molecule has 0 spiro atoms. The minimum Gasteiger partial charge on any atom is -0.354 e. The molecule has 109 heavy (non-hydrogen) atoms. The lowest BCUT2D eigenvalue weighted by atomic mass is 9.81. The second-order valence-corrected chi connectivity index (χ2v) is 31.8. The van der Waals surface area contributed by atoms with E-state index in [0.717, 1.165) is 141 Å². The van der Waals surface area contributed by atoms with Crippen LogP contribution in [0.15, 0.2) is 162 Å². The predicted molar refractivity (Wildman–Crippen MR) is 458 cm³/mol. The van der Waals surface area contributed by atoms with Crippen molar-refractivity contribution in [3.63, 3.8) is 0 Å². The molecule has 3 N–H and O–H groups in total. The third-order valence-corrected chi connectivity index (χ3v) is 24.7. The molecule has 13 nitrogen and oxygen atoms in total. The Morgan fingerprint density at radius 3 is 1.09 bits per heavy atom. The topological polar surface area (TPSA) is 177 Å². The molecule has 17 rings (SSSR count). The van der Waals surface area contributed by atoms with Gasteiger partial charge in [-0.3, -0.25) is 42.5 Å². The molecular formula is C92H83Cl4N7O6. The number of halogens is 4. The highest BCUT2D eigenvalue weighted by Crippen LogP contribution is 2.51. The molecule has 0 fully saturated rings. The van der Waals surface area contributed by atoms with Crippen molar-refractivity contribution in [2.75, 3.05) is 0 Å². The van der Waals surface area contributed by atoms with Crippen molar-refractivity contribution in [2.45, 2.75) is 175 Å². The number of hydrogen-bond donors (Lipinski definition) is 3. The maximum atomic E-state index is 16.3. The molecule has 9 aromatic carbocycles. The molecule has 0 saturated heterocycles. The number of hydrogen-bond acceptors (Lipinski definition) is 7. The lowest BCUT2D eigenvalue weighted by Crippen LogP contribution is -2.37. The van der Waals surface area contributed by atoms with Gasteiger partial charge in [-0.2, -0.15) is 0 Å². The number of unbranched alkanes of at least 4 members (excludes halogenated alkanes) is 12. The summed E-state index contributed by atoms with van der Waals surface area (Å²) in [4.78, 5) is 112. The van der Waals surface area contributed by atoms with Crippen molar-refractivity contribution in [2.24, 2.45) is 0 Å². The smallest absolute Gasteiger partial charge is 0.262 e. The number of aromatic nitrogens is 7. The van der Waals surface area contributed by atoms with Crippen LogP contribution in [0.5, 0.6) is 0 Å². The van der Waals surface area contributed by atoms with Gasteiger partial charge < -0.3 is 15.0 Å². The number of fused-ring (bicyclic) bond motifs is 13. The van der Waals surface area contributed by atoms with E-state index in [4.69, 9.17) is 51.4 Å². The first kappa shape index (κ1) is 72.0. The number of nitrogens with one attached hydrogen (secondary N) is 3. The molecule has 0 saturated carbocycles. The van der Waals surface area contributed by atoms with Crippen LogP contribution in [0.4, 0.5) is 0 Å². The van der Waals surface area contributed by atoms with Gasteiger partial charge in [-0.1, -0.05) is 225 Å². The highest BCUT2D eigenvalue weighted by molar-refractivity contribution is 6.49. The molecular weight excluding hydrogens is 1440 g/mol. The summed E-state index contributed by atoms with van der Waals surface area (Å²) in [5, 5.41) is 9.15. The fourth-order valence-corrected chi connectivity index (χ4v) is 19.4. The largest absolute Gasteiger partial charge is 0.354 e. The minimum absolute atomic E-state index is 0.124. The summed E-state index contributed by atoms with van der Waals surface area (Å²) in [6.07, 6.45) is 22.3. The first-order valence-electron chi connectivity index (χ1n) is 39.1. The molecule has 16 aromatic rings. The highest BCUT2D eigenvalue weighted by atomic mass is 35.5. The molecule has 17 heteroatoms. The number of rotatable bonds is 27. The van der Waals surface area contributed by atoms with E-state index in [1.165, 1.54) is 13.7 Å². The van der Waals surface area contributed by atoms with Gasteiger partial charge in [-0.05, 0) is 177 Å². The van der Waals surface area contributed by atoms with Crippen LogP contribution in [-0.2, 0) is 6.54 Å². The molecule has 8 bridgehead atoms. The van der Waals surface area contributed by atoms with E-state index in [2.05, 4.69) is 42.6 Å². The predicted octanol–water partition coefficient (Wildman–Crippen LogP) is 24.3. The van der Waals surface area contributed by atoms with E-state index in [-0.39, 0.29) is 40.5 Å². The van der Waals surface area contributed by atoms with E-state index < -0.39 is 22.2 Å². The zero-order valence-electron chi connectivity index (χ0n) is 61.6. The standard InChI is InChI=1S/C92H83Cl4N7O6/c1-5-9-13-17-23-52(24-18-14-10-6-2)102-87(104)56-37-35-54-55-36-38-57-76-61(90(107)103(88(57)105)53(25-19-15-11-7-3)26-20-16-12-8-4)48-59-80(78(55)76)79-58(47-60(89(102)106)75(56)77(54)79)81-82(59)92(109)101(91(81)108)49-50-31-33-51(34-32-50)74-68-43-45-72(99-68)85(83-62(93)27-21-28-63(83)94)70-41-39-66(97-70)67-40-42-71(98-67)86(73-46-44-69(74)100-73)84-64(95)29-22-30-65(84)96/h21-22,27-48,52-53,97-99H,5-20,23-26,49H2,1-4H3. The SMILES string of the molecule is CCCCCCC(CCCCCC)n1c(=O)c2ccc3c4ccc5c(=O)n(C(CCCCCC)CCCCCC)c(=O)c6cc7c8c(=O)n(Cc9ccc(-c%10c%11nc(c(-c%12c(Cl)cccc%12Cl)c%12ccc([nH]%12)c%12ccc([nH]%12)c(-c%12c(Cl)cccc%12Cl)c%12ccc%10[nH]%12)C=C%11)cc9)c(=O)c8c8cc(c1=O)c2c3c8c7c4c56. The van der Waals surface area contributed by atoms with Gasteiger partial charge in [0.25, 0.3) is 33.4 Å². The van der Waals surface area contributed by atoms with Crippen LogP contribution >= 0.6 is 46.4 Å². The van der Waals surface area contributed by atoms with Gasteiger partial charge >= 0.3 is 0 Å². The zero-order chi connectivity index (χ0) is 75.2. The molecule has 0 aliphatic carbocycles. The van der Waals surface area contributed by atoms with Crippen molar-refractivity contribution in [3.05, 3.63) is 233 Å². The summed E-state index contributed by atoms with van der Waals surface area (Å²) in [5.74, 6) is 0. The van der Waals surface area contributed by atoms with Gasteiger partial charge in [0.1, 0.15) is 0 Å². The van der Waals surface area contributed by atoms with E-state index in [9.17, 15) is 0 Å². The molecule has 0 atom stereocenters. The lowest BCUT2D eigenvalue weighted by Gasteiger charge is -2.24. The van der Waals surface area contributed by atoms with Crippen LogP contribution < -0.4 is 33.4 Å². The van der Waals surface area contributed by atoms with Crippen LogP contribution in [-0.4, -0.2) is 33.6 Å². The van der Waals surface area contributed by atoms with Crippen LogP contribution in [0.1, 0.15) is 185 Å². The monoisotopic (exact) mass is 1520 g/mol. The lowest BCUT2D eigenvalue weighted by molar-refractivity contribution is 0.384. The van der Waals surface area contributed by atoms with Gasteiger partial charge in [0.2, 0.25) is 0 Å². The van der Waals surface area contributed by atoms with Crippen LogP contribution in [0.25, 0.3) is 165 Å². The fourth-order valence-electron chi connectivity index (χ4n) is 18.2. The zero-order valence-corrected chi connectivity index (χ0v) is 64.6. The third-order valence-electron chi connectivity index (χ3n) is 23.5.